The molecule has 0 saturated heterocycles. The van der Waals surface area contributed by atoms with Crippen LogP contribution < -0.4 is 17.9 Å². The third-order valence-electron chi connectivity index (χ3n) is 4.76. The van der Waals surface area contributed by atoms with Crippen LogP contribution in [0.25, 0.3) is 0 Å². The molecule has 2 aliphatic rings. The van der Waals surface area contributed by atoms with Gasteiger partial charge in [-0.3, -0.25) is 17.0 Å². The minimum Gasteiger partial charge on any atom is -0.755 e. The fourth-order valence-corrected chi connectivity index (χ4v) is 4.53. The lowest BCUT2D eigenvalue weighted by Crippen LogP contribution is -2.28. The standard InChI is InChI=1S/C18H18BF2N2O6S2/c20-15-7-5-13(9-17(15)22(30(24)25)11-1-2-11)28-19-29-14-6-8-16(21)18(10-14)23(31(26)27)12-3-4-12/h5-12H,1-4H2,(H,24,25)(H,26,27)/p-2. The van der Waals surface area contributed by atoms with Crippen LogP contribution in [0.15, 0.2) is 36.4 Å². The molecular formula is C18H16BF2N2O6S2-2. The van der Waals surface area contributed by atoms with Crippen LogP contribution >= 0.6 is 0 Å². The molecule has 2 aromatic carbocycles. The molecule has 31 heavy (non-hydrogen) atoms. The van der Waals surface area contributed by atoms with Crippen molar-refractivity contribution in [1.82, 2.24) is 0 Å². The zero-order chi connectivity index (χ0) is 22.1. The van der Waals surface area contributed by atoms with Crippen molar-refractivity contribution in [2.24, 2.45) is 0 Å². The molecule has 1 radical (unpaired) electrons. The first-order chi connectivity index (χ1) is 14.8. The minimum atomic E-state index is -2.63. The van der Waals surface area contributed by atoms with Gasteiger partial charge in [0.25, 0.3) is 0 Å². The molecule has 4 rings (SSSR count). The van der Waals surface area contributed by atoms with Crippen LogP contribution in [-0.4, -0.2) is 37.3 Å². The molecule has 2 atom stereocenters. The lowest BCUT2D eigenvalue weighted by atomic mass is 10.2. The van der Waals surface area contributed by atoms with Crippen molar-refractivity contribution < 1.29 is 35.6 Å². The number of rotatable bonds is 10. The largest absolute Gasteiger partial charge is 0.755 e. The van der Waals surface area contributed by atoms with E-state index in [2.05, 4.69) is 0 Å². The number of hydrogen-bond acceptors (Lipinski definition) is 6. The molecule has 13 heteroatoms. The van der Waals surface area contributed by atoms with E-state index < -0.39 is 34.2 Å². The normalized spacial score (nSPS) is 17.5. The summed E-state index contributed by atoms with van der Waals surface area (Å²) in [6, 6.07) is 6.65. The highest BCUT2D eigenvalue weighted by Gasteiger charge is 2.33. The lowest BCUT2D eigenvalue weighted by Gasteiger charge is -2.27. The molecule has 0 spiro atoms. The van der Waals surface area contributed by atoms with E-state index in [1.807, 2.05) is 0 Å². The zero-order valence-corrected chi connectivity index (χ0v) is 17.6. The first-order valence-electron chi connectivity index (χ1n) is 9.36. The molecule has 0 heterocycles. The third kappa shape index (κ3) is 5.17. The summed E-state index contributed by atoms with van der Waals surface area (Å²) >= 11 is -5.26. The van der Waals surface area contributed by atoms with E-state index in [1.165, 1.54) is 24.3 Å². The van der Waals surface area contributed by atoms with Crippen LogP contribution in [-0.2, 0) is 22.5 Å². The molecule has 0 N–H and O–H groups in total. The smallest absolute Gasteiger partial charge is 0.658 e. The topological polar surface area (TPSA) is 105 Å². The van der Waals surface area contributed by atoms with E-state index in [1.54, 1.807) is 0 Å². The Morgan fingerprint density at radius 3 is 1.52 bits per heavy atom. The summed E-state index contributed by atoms with van der Waals surface area (Å²) in [5.74, 6) is -1.18. The first-order valence-corrected chi connectivity index (χ1v) is 11.4. The van der Waals surface area contributed by atoms with Crippen molar-refractivity contribution in [2.45, 2.75) is 37.8 Å². The van der Waals surface area contributed by atoms with Crippen LogP contribution in [0.3, 0.4) is 0 Å². The number of halogens is 2. The molecule has 2 unspecified atom stereocenters. The minimum absolute atomic E-state index is 0.120. The maximum atomic E-state index is 14.1. The van der Waals surface area contributed by atoms with Gasteiger partial charge in [0.2, 0.25) is 0 Å². The van der Waals surface area contributed by atoms with Crippen LogP contribution in [0.4, 0.5) is 20.2 Å². The van der Waals surface area contributed by atoms with Gasteiger partial charge in [-0.05, 0) is 49.9 Å². The van der Waals surface area contributed by atoms with Crippen molar-refractivity contribution >= 4 is 41.6 Å². The molecule has 165 valence electrons. The molecule has 0 bridgehead atoms. The van der Waals surface area contributed by atoms with Crippen molar-refractivity contribution in [3.63, 3.8) is 0 Å². The maximum Gasteiger partial charge on any atom is 0.658 e. The van der Waals surface area contributed by atoms with E-state index in [0.29, 0.717) is 25.7 Å². The number of anilines is 2. The van der Waals surface area contributed by atoms with Crippen LogP contribution in [0, 0.1) is 11.6 Å². The fourth-order valence-electron chi connectivity index (χ4n) is 3.02. The average Bonchev–Trinajstić information content (AvgIpc) is 3.61. The van der Waals surface area contributed by atoms with Gasteiger partial charge in [0, 0.05) is 46.7 Å². The second kappa shape index (κ2) is 9.11. The highest BCUT2D eigenvalue weighted by molar-refractivity contribution is 7.81. The Labute approximate surface area is 183 Å². The van der Waals surface area contributed by atoms with E-state index >= 15 is 0 Å². The van der Waals surface area contributed by atoms with Crippen molar-refractivity contribution in [3.8, 4) is 11.5 Å². The third-order valence-corrected chi connectivity index (χ3v) is 6.39. The van der Waals surface area contributed by atoms with Gasteiger partial charge in [-0.25, -0.2) is 8.78 Å². The highest BCUT2D eigenvalue weighted by atomic mass is 32.2. The van der Waals surface area contributed by atoms with Crippen molar-refractivity contribution in [2.75, 3.05) is 8.61 Å². The Morgan fingerprint density at radius 2 is 1.19 bits per heavy atom. The summed E-state index contributed by atoms with van der Waals surface area (Å²) in [5.41, 5.74) is -0.271. The van der Waals surface area contributed by atoms with Gasteiger partial charge < -0.3 is 18.4 Å². The predicted octanol–water partition coefficient (Wildman–Crippen LogP) is 2.48. The average molecular weight is 469 g/mol. The Kier molecular flexibility index (Phi) is 6.46. The van der Waals surface area contributed by atoms with Gasteiger partial charge >= 0.3 is 7.69 Å². The maximum absolute atomic E-state index is 14.1. The van der Waals surface area contributed by atoms with E-state index in [0.717, 1.165) is 28.4 Å². The van der Waals surface area contributed by atoms with Crippen molar-refractivity contribution in [3.05, 3.63) is 48.0 Å². The summed E-state index contributed by atoms with van der Waals surface area (Å²) in [6.45, 7) is 0. The van der Waals surface area contributed by atoms with Crippen LogP contribution in [0.5, 0.6) is 11.5 Å². The van der Waals surface area contributed by atoms with Crippen LogP contribution in [0.2, 0.25) is 0 Å². The molecule has 0 aromatic heterocycles. The molecule has 2 aromatic rings. The van der Waals surface area contributed by atoms with Crippen LogP contribution in [0.1, 0.15) is 25.7 Å². The van der Waals surface area contributed by atoms with E-state index in [-0.39, 0.29) is 35.0 Å². The van der Waals surface area contributed by atoms with E-state index in [9.17, 15) is 26.3 Å². The Morgan fingerprint density at radius 1 is 0.806 bits per heavy atom. The first kappa shape index (κ1) is 22.0. The number of benzene rings is 2. The van der Waals surface area contributed by atoms with Gasteiger partial charge in [-0.2, -0.15) is 0 Å². The molecule has 8 nitrogen and oxygen atoms in total. The number of nitrogens with zero attached hydrogens (tertiary/aromatic N) is 2. The molecular weight excluding hydrogens is 453 g/mol. The summed E-state index contributed by atoms with van der Waals surface area (Å²) < 4.78 is 86.7. The summed E-state index contributed by atoms with van der Waals surface area (Å²) in [4.78, 5) is 0. The van der Waals surface area contributed by atoms with Gasteiger partial charge in [-0.15, -0.1) is 0 Å². The van der Waals surface area contributed by atoms with Gasteiger partial charge in [0.1, 0.15) is 23.1 Å². The van der Waals surface area contributed by atoms with Gasteiger partial charge in [0.15, 0.2) is 0 Å². The van der Waals surface area contributed by atoms with E-state index in [4.69, 9.17) is 9.31 Å². The molecule has 0 amide bonds. The quantitative estimate of drug-likeness (QED) is 0.391. The Hall–Kier alpha value is -2.22. The molecule has 2 saturated carbocycles. The molecule has 2 fully saturated rings. The zero-order valence-electron chi connectivity index (χ0n) is 15.9. The van der Waals surface area contributed by atoms with Gasteiger partial charge in [0.05, 0.1) is 11.4 Å². The number of hydrogen-bond donors (Lipinski definition) is 0. The highest BCUT2D eigenvalue weighted by Crippen LogP contribution is 2.37. The SMILES string of the molecule is O=S([O-])N(c1cc(O[B]Oc2ccc(F)c(N(C3CC3)S(=O)[O-])c2)ccc1F)C1CC1. The Balaban J connectivity index is 1.44. The fraction of sp³-hybridized carbons (Fsp3) is 0.333. The summed E-state index contributed by atoms with van der Waals surface area (Å²) in [6.07, 6.45) is 2.58. The Bertz CT molecular complexity index is 945. The predicted molar refractivity (Wildman–Crippen MR) is 109 cm³/mol. The molecule has 0 aliphatic heterocycles. The molecule has 2 aliphatic carbocycles. The monoisotopic (exact) mass is 469 g/mol. The summed E-state index contributed by atoms with van der Waals surface area (Å²) in [5, 5.41) is 0. The van der Waals surface area contributed by atoms with Gasteiger partial charge in [-0.1, -0.05) is 0 Å². The summed E-state index contributed by atoms with van der Waals surface area (Å²) in [7, 11) is 0.902. The second-order valence-electron chi connectivity index (χ2n) is 7.11. The van der Waals surface area contributed by atoms with Crippen molar-refractivity contribution in [1.29, 1.82) is 0 Å². The lowest BCUT2D eigenvalue weighted by molar-refractivity contribution is 0.457. The second-order valence-corrected chi connectivity index (χ2v) is 8.76.